The van der Waals surface area contributed by atoms with Crippen molar-refractivity contribution in [2.24, 2.45) is 0 Å². The number of hydrogen-bond donors (Lipinski definition) is 0. The molecule has 0 aliphatic carbocycles. The summed E-state index contributed by atoms with van der Waals surface area (Å²) in [4.78, 5) is 26.1. The number of carbonyl (C=O) groups excluding carboxylic acids is 2. The molecule has 2 heterocycles. The lowest BCUT2D eigenvalue weighted by molar-refractivity contribution is -0.136. The molecule has 6 rings (SSSR count). The van der Waals surface area contributed by atoms with Crippen LogP contribution < -0.4 is 20.7 Å². The zero-order valence-electron chi connectivity index (χ0n) is 21.9. The van der Waals surface area contributed by atoms with Gasteiger partial charge >= 0.3 is 0 Å². The molecule has 1 saturated heterocycles. The van der Waals surface area contributed by atoms with Crippen molar-refractivity contribution in [3.8, 4) is 0 Å². The van der Waals surface area contributed by atoms with E-state index in [1.54, 1.807) is 0 Å². The monoisotopic (exact) mass is 544 g/mol. The fourth-order valence-electron chi connectivity index (χ4n) is 6.77. The largest absolute Gasteiger partial charge is 0.331 e. The predicted molar refractivity (Wildman–Crippen MR) is 163 cm³/mol. The van der Waals surface area contributed by atoms with Crippen LogP contribution in [-0.2, 0) is 9.59 Å². The third-order valence-electron chi connectivity index (χ3n) is 8.44. The molecule has 194 valence electrons. The molecule has 0 saturated carbocycles. The van der Waals surface area contributed by atoms with E-state index in [2.05, 4.69) is 126 Å². The second kappa shape index (κ2) is 10.7. The molecular weight excluding hydrogens is 513 g/mol. The van der Waals surface area contributed by atoms with Gasteiger partial charge < -0.3 is 4.23 Å². The molecular formula is C33H32N2O2Si2. The third-order valence-corrected chi connectivity index (χ3v) is 20.6. The van der Waals surface area contributed by atoms with Gasteiger partial charge in [-0.1, -0.05) is 121 Å². The molecule has 0 aromatic heterocycles. The van der Waals surface area contributed by atoms with Gasteiger partial charge in [0.1, 0.15) is 0 Å². The number of hydrogen-bond acceptors (Lipinski definition) is 3. The molecule has 2 aliphatic rings. The first-order valence-electron chi connectivity index (χ1n) is 13.7. The Morgan fingerprint density at radius 3 is 1.15 bits per heavy atom. The van der Waals surface area contributed by atoms with Gasteiger partial charge in [0, 0.05) is 18.7 Å². The lowest BCUT2D eigenvalue weighted by atomic mass is 10.4. The molecule has 4 aromatic rings. The summed E-state index contributed by atoms with van der Waals surface area (Å²) < 4.78 is 2.94. The lowest BCUT2D eigenvalue weighted by Gasteiger charge is -2.47. The quantitative estimate of drug-likeness (QED) is 0.253. The maximum absolute atomic E-state index is 12.4. The minimum atomic E-state index is -2.43. The highest BCUT2D eigenvalue weighted by atomic mass is 28.4. The predicted octanol–water partition coefficient (Wildman–Crippen LogP) is 3.14. The van der Waals surface area contributed by atoms with Gasteiger partial charge in [-0.15, -0.1) is 0 Å². The topological polar surface area (TPSA) is 40.6 Å². The Morgan fingerprint density at radius 1 is 0.487 bits per heavy atom. The van der Waals surface area contributed by atoms with E-state index < -0.39 is 16.5 Å². The zero-order chi connectivity index (χ0) is 26.7. The molecule has 6 heteroatoms. The van der Waals surface area contributed by atoms with E-state index in [0.717, 1.165) is 25.1 Å². The first kappa shape index (κ1) is 25.4. The van der Waals surface area contributed by atoms with Crippen LogP contribution >= 0.6 is 0 Å². The van der Waals surface area contributed by atoms with Crippen molar-refractivity contribution in [3.63, 3.8) is 0 Å². The molecule has 0 N–H and O–H groups in total. The SMILES string of the molecule is O=C1C=CC(=O)N1CCCN1[Si](c2ccccc2)(c2ccccc2)CC[Si]1(c1ccccc1)c1ccccc1. The van der Waals surface area contributed by atoms with Crippen LogP contribution in [0.2, 0.25) is 12.1 Å². The summed E-state index contributed by atoms with van der Waals surface area (Å²) in [6, 6.07) is 46.6. The van der Waals surface area contributed by atoms with E-state index in [4.69, 9.17) is 0 Å². The van der Waals surface area contributed by atoms with Crippen molar-refractivity contribution < 1.29 is 9.59 Å². The summed E-state index contributed by atoms with van der Waals surface area (Å²) in [5, 5.41) is 5.69. The average Bonchev–Trinajstić information content (AvgIpc) is 3.52. The summed E-state index contributed by atoms with van der Waals surface area (Å²) in [5.74, 6) is -0.406. The van der Waals surface area contributed by atoms with Gasteiger partial charge in [-0.05, 0) is 45.8 Å². The van der Waals surface area contributed by atoms with Gasteiger partial charge in [-0.2, -0.15) is 0 Å². The normalized spacial score (nSPS) is 18.1. The second-order valence-corrected chi connectivity index (χ2v) is 18.6. The molecule has 2 aliphatic heterocycles. The van der Waals surface area contributed by atoms with Crippen molar-refractivity contribution in [1.82, 2.24) is 9.13 Å². The van der Waals surface area contributed by atoms with Crippen molar-refractivity contribution >= 4 is 49.0 Å². The van der Waals surface area contributed by atoms with E-state index in [1.165, 1.54) is 37.8 Å². The molecule has 2 amide bonds. The van der Waals surface area contributed by atoms with Crippen molar-refractivity contribution in [2.45, 2.75) is 18.5 Å². The summed E-state index contributed by atoms with van der Waals surface area (Å²) in [6.07, 6.45) is 3.51. The van der Waals surface area contributed by atoms with E-state index in [0.29, 0.717) is 6.54 Å². The zero-order valence-corrected chi connectivity index (χ0v) is 23.9. The van der Waals surface area contributed by atoms with Gasteiger partial charge in [0.25, 0.3) is 11.8 Å². The van der Waals surface area contributed by atoms with Crippen LogP contribution in [0, 0.1) is 0 Å². The molecule has 0 spiro atoms. The fourth-order valence-corrected chi connectivity index (χ4v) is 22.2. The Hall–Kier alpha value is -3.85. The Bertz CT molecular complexity index is 1290. The van der Waals surface area contributed by atoms with Gasteiger partial charge in [-0.3, -0.25) is 14.5 Å². The number of imide groups is 1. The minimum Gasteiger partial charge on any atom is -0.331 e. The maximum atomic E-state index is 12.4. The molecule has 4 aromatic carbocycles. The van der Waals surface area contributed by atoms with Gasteiger partial charge in [-0.25, -0.2) is 0 Å². The van der Waals surface area contributed by atoms with Crippen molar-refractivity contribution in [1.29, 1.82) is 0 Å². The smallest absolute Gasteiger partial charge is 0.253 e. The number of benzene rings is 4. The van der Waals surface area contributed by atoms with E-state index in [9.17, 15) is 9.59 Å². The lowest BCUT2D eigenvalue weighted by Crippen LogP contribution is -2.78. The van der Waals surface area contributed by atoms with E-state index in [-0.39, 0.29) is 11.8 Å². The molecule has 0 atom stereocenters. The number of nitrogens with zero attached hydrogens (tertiary/aromatic N) is 2. The van der Waals surface area contributed by atoms with Gasteiger partial charge in [0.2, 0.25) is 0 Å². The van der Waals surface area contributed by atoms with Crippen LogP contribution in [-0.4, -0.2) is 50.5 Å². The Labute approximate surface area is 232 Å². The summed E-state index contributed by atoms with van der Waals surface area (Å²) >= 11 is 0. The maximum Gasteiger partial charge on any atom is 0.253 e. The molecule has 0 radical (unpaired) electrons. The van der Waals surface area contributed by atoms with Crippen LogP contribution in [0.15, 0.2) is 133 Å². The van der Waals surface area contributed by atoms with E-state index in [1.807, 2.05) is 0 Å². The standard InChI is InChI=1S/C33H32N2O2Si2/c36-32-22-23-33(37)34(32)24-13-25-35-38(28-14-5-1-6-15-28,29-16-7-2-8-17-29)26-27-39(35,30-18-9-3-10-19-30)31-20-11-4-12-21-31/h1-12,14-23H,13,24-27H2. The molecule has 4 nitrogen and oxygen atoms in total. The third kappa shape index (κ3) is 4.34. The van der Waals surface area contributed by atoms with Crippen molar-refractivity contribution in [2.75, 3.05) is 13.1 Å². The summed E-state index contributed by atoms with van der Waals surface area (Å²) in [7, 11) is -4.87. The van der Waals surface area contributed by atoms with Crippen LogP contribution in [0.3, 0.4) is 0 Å². The summed E-state index contributed by atoms with van der Waals surface area (Å²) in [5.41, 5.74) is 0. The Balaban J connectivity index is 1.54. The number of amides is 2. The minimum absolute atomic E-state index is 0.203. The van der Waals surface area contributed by atoms with Gasteiger partial charge in [0.15, 0.2) is 16.5 Å². The highest BCUT2D eigenvalue weighted by Gasteiger charge is 2.60. The second-order valence-electron chi connectivity index (χ2n) is 10.4. The van der Waals surface area contributed by atoms with Crippen LogP contribution in [0.25, 0.3) is 0 Å². The Kier molecular flexibility index (Phi) is 7.00. The van der Waals surface area contributed by atoms with Crippen LogP contribution in [0.4, 0.5) is 0 Å². The number of carbonyl (C=O) groups is 2. The highest BCUT2D eigenvalue weighted by Crippen LogP contribution is 2.37. The molecule has 1 fully saturated rings. The van der Waals surface area contributed by atoms with Gasteiger partial charge in [0.05, 0.1) is 0 Å². The fraction of sp³-hybridized carbons (Fsp3) is 0.152. The molecule has 39 heavy (non-hydrogen) atoms. The first-order valence-corrected chi connectivity index (χ1v) is 18.0. The van der Waals surface area contributed by atoms with Crippen LogP contribution in [0.1, 0.15) is 6.42 Å². The first-order chi connectivity index (χ1) is 19.2. The summed E-state index contributed by atoms with van der Waals surface area (Å²) in [6.45, 7) is 1.26. The van der Waals surface area contributed by atoms with E-state index >= 15 is 0 Å². The Morgan fingerprint density at radius 2 is 0.821 bits per heavy atom. The molecule has 0 bridgehead atoms. The highest BCUT2D eigenvalue weighted by molar-refractivity contribution is 7.17. The molecule has 0 unspecified atom stereocenters. The average molecular weight is 545 g/mol. The van der Waals surface area contributed by atoms with Crippen molar-refractivity contribution in [3.05, 3.63) is 133 Å². The van der Waals surface area contributed by atoms with Crippen LogP contribution in [0.5, 0.6) is 0 Å². The number of rotatable bonds is 8.